The van der Waals surface area contributed by atoms with Crippen molar-refractivity contribution < 1.29 is 0 Å². The lowest BCUT2D eigenvalue weighted by Gasteiger charge is -2.27. The van der Waals surface area contributed by atoms with Crippen molar-refractivity contribution in [2.24, 2.45) is 17.6 Å². The Balaban J connectivity index is 2.39. The third-order valence-corrected chi connectivity index (χ3v) is 3.69. The van der Waals surface area contributed by atoms with Crippen LogP contribution < -0.4 is 5.73 Å². The minimum Gasteiger partial charge on any atom is -0.330 e. The van der Waals surface area contributed by atoms with Crippen LogP contribution in [0.5, 0.6) is 0 Å². The summed E-state index contributed by atoms with van der Waals surface area (Å²) in [5, 5.41) is 0. The van der Waals surface area contributed by atoms with E-state index in [9.17, 15) is 0 Å². The standard InChI is InChI=1S/C12H26N2/c1-4-12(5-7-13)14-8-6-11(9-14)10(2)3/h10-12H,4-9,13H2,1-3H3. The van der Waals surface area contributed by atoms with Gasteiger partial charge in [-0.15, -0.1) is 0 Å². The number of hydrogen-bond donors (Lipinski definition) is 1. The first kappa shape index (κ1) is 12.0. The monoisotopic (exact) mass is 198 g/mol. The van der Waals surface area contributed by atoms with Gasteiger partial charge in [-0.2, -0.15) is 0 Å². The minimum absolute atomic E-state index is 0.740. The van der Waals surface area contributed by atoms with Crippen LogP contribution in [0.1, 0.15) is 40.0 Å². The van der Waals surface area contributed by atoms with Gasteiger partial charge in [-0.3, -0.25) is 0 Å². The Morgan fingerprint density at radius 1 is 1.43 bits per heavy atom. The normalized spacial score (nSPS) is 25.9. The number of hydrogen-bond acceptors (Lipinski definition) is 2. The van der Waals surface area contributed by atoms with Crippen molar-refractivity contribution in [2.45, 2.75) is 46.1 Å². The highest BCUT2D eigenvalue weighted by molar-refractivity contribution is 4.82. The summed E-state index contributed by atoms with van der Waals surface area (Å²) in [7, 11) is 0. The third kappa shape index (κ3) is 2.96. The van der Waals surface area contributed by atoms with Gasteiger partial charge in [0.2, 0.25) is 0 Å². The number of nitrogens with zero attached hydrogens (tertiary/aromatic N) is 1. The average Bonchev–Trinajstić information content (AvgIpc) is 2.63. The molecule has 1 rings (SSSR count). The molecule has 0 radical (unpaired) electrons. The van der Waals surface area contributed by atoms with Gasteiger partial charge in [-0.05, 0) is 44.2 Å². The van der Waals surface area contributed by atoms with E-state index in [1.807, 2.05) is 0 Å². The van der Waals surface area contributed by atoms with Crippen molar-refractivity contribution in [2.75, 3.05) is 19.6 Å². The molecule has 84 valence electrons. The maximum absolute atomic E-state index is 5.64. The fraction of sp³-hybridized carbons (Fsp3) is 1.00. The molecule has 0 bridgehead atoms. The van der Waals surface area contributed by atoms with Crippen LogP contribution in [0.25, 0.3) is 0 Å². The predicted molar refractivity (Wildman–Crippen MR) is 62.3 cm³/mol. The topological polar surface area (TPSA) is 29.3 Å². The van der Waals surface area contributed by atoms with Crippen LogP contribution in [0.15, 0.2) is 0 Å². The summed E-state index contributed by atoms with van der Waals surface area (Å²) in [6.07, 6.45) is 3.81. The molecule has 0 aromatic heterocycles. The first-order valence-corrected chi connectivity index (χ1v) is 6.13. The summed E-state index contributed by atoms with van der Waals surface area (Å²) in [5.74, 6) is 1.76. The summed E-state index contributed by atoms with van der Waals surface area (Å²) in [6, 6.07) is 0.740. The molecular formula is C12H26N2. The highest BCUT2D eigenvalue weighted by Crippen LogP contribution is 2.26. The van der Waals surface area contributed by atoms with Crippen LogP contribution in [0, 0.1) is 11.8 Å². The van der Waals surface area contributed by atoms with Crippen LogP contribution in [-0.2, 0) is 0 Å². The quantitative estimate of drug-likeness (QED) is 0.733. The fourth-order valence-corrected chi connectivity index (χ4v) is 2.53. The smallest absolute Gasteiger partial charge is 0.0105 e. The van der Waals surface area contributed by atoms with Gasteiger partial charge in [-0.1, -0.05) is 20.8 Å². The average molecular weight is 198 g/mol. The molecule has 0 aromatic rings. The molecule has 2 atom stereocenters. The van der Waals surface area contributed by atoms with E-state index in [0.29, 0.717) is 0 Å². The second kappa shape index (κ2) is 5.72. The van der Waals surface area contributed by atoms with E-state index < -0.39 is 0 Å². The highest BCUT2D eigenvalue weighted by Gasteiger charge is 2.28. The summed E-state index contributed by atoms with van der Waals surface area (Å²) in [4.78, 5) is 2.65. The van der Waals surface area contributed by atoms with Gasteiger partial charge >= 0.3 is 0 Å². The van der Waals surface area contributed by atoms with E-state index in [0.717, 1.165) is 24.4 Å². The molecule has 0 aromatic carbocycles. The summed E-state index contributed by atoms with van der Waals surface area (Å²) >= 11 is 0. The van der Waals surface area contributed by atoms with Crippen LogP contribution in [0.4, 0.5) is 0 Å². The van der Waals surface area contributed by atoms with Gasteiger partial charge in [0.25, 0.3) is 0 Å². The van der Waals surface area contributed by atoms with Crippen molar-refractivity contribution in [3.63, 3.8) is 0 Å². The molecule has 1 aliphatic rings. The van der Waals surface area contributed by atoms with Crippen LogP contribution in [0.3, 0.4) is 0 Å². The number of likely N-dealkylation sites (tertiary alicyclic amines) is 1. The first-order chi connectivity index (χ1) is 6.69. The molecule has 2 nitrogen and oxygen atoms in total. The first-order valence-electron chi connectivity index (χ1n) is 6.13. The molecular weight excluding hydrogens is 172 g/mol. The molecule has 1 saturated heterocycles. The van der Waals surface area contributed by atoms with Gasteiger partial charge in [0, 0.05) is 12.6 Å². The largest absolute Gasteiger partial charge is 0.330 e. The highest BCUT2D eigenvalue weighted by atomic mass is 15.2. The Bertz CT molecular complexity index is 156. The molecule has 1 heterocycles. The van der Waals surface area contributed by atoms with Crippen molar-refractivity contribution in [3.8, 4) is 0 Å². The lowest BCUT2D eigenvalue weighted by Crippen LogP contribution is -2.35. The zero-order valence-electron chi connectivity index (χ0n) is 10.00. The second-order valence-electron chi connectivity index (χ2n) is 4.93. The lowest BCUT2D eigenvalue weighted by molar-refractivity contribution is 0.211. The van der Waals surface area contributed by atoms with Crippen molar-refractivity contribution in [1.82, 2.24) is 4.90 Å². The van der Waals surface area contributed by atoms with Gasteiger partial charge in [0.15, 0.2) is 0 Å². The van der Waals surface area contributed by atoms with Crippen molar-refractivity contribution >= 4 is 0 Å². The maximum atomic E-state index is 5.64. The second-order valence-corrected chi connectivity index (χ2v) is 4.93. The molecule has 0 saturated carbocycles. The Labute approximate surface area is 88.8 Å². The molecule has 14 heavy (non-hydrogen) atoms. The SMILES string of the molecule is CCC(CCN)N1CCC(C(C)C)C1. The van der Waals surface area contributed by atoms with Gasteiger partial charge < -0.3 is 10.6 Å². The molecule has 0 amide bonds. The summed E-state index contributed by atoms with van der Waals surface area (Å²) in [6.45, 7) is 10.4. The van der Waals surface area contributed by atoms with E-state index in [1.54, 1.807) is 0 Å². The zero-order valence-corrected chi connectivity index (χ0v) is 10.00. The minimum atomic E-state index is 0.740. The van der Waals surface area contributed by atoms with E-state index in [1.165, 1.54) is 32.4 Å². The zero-order chi connectivity index (χ0) is 10.6. The Kier molecular flexibility index (Phi) is 4.90. The van der Waals surface area contributed by atoms with Gasteiger partial charge in [0.05, 0.1) is 0 Å². The molecule has 2 heteroatoms. The van der Waals surface area contributed by atoms with E-state index in [4.69, 9.17) is 5.73 Å². The van der Waals surface area contributed by atoms with Crippen LogP contribution in [0.2, 0.25) is 0 Å². The number of nitrogens with two attached hydrogens (primary N) is 1. The number of rotatable bonds is 5. The Morgan fingerprint density at radius 2 is 2.14 bits per heavy atom. The summed E-state index contributed by atoms with van der Waals surface area (Å²) < 4.78 is 0. The maximum Gasteiger partial charge on any atom is 0.0105 e. The lowest BCUT2D eigenvalue weighted by atomic mass is 9.95. The molecule has 2 unspecified atom stereocenters. The van der Waals surface area contributed by atoms with E-state index >= 15 is 0 Å². The van der Waals surface area contributed by atoms with E-state index in [2.05, 4.69) is 25.7 Å². The molecule has 1 aliphatic heterocycles. The molecule has 2 N–H and O–H groups in total. The molecule has 0 spiro atoms. The summed E-state index contributed by atoms with van der Waals surface area (Å²) in [5.41, 5.74) is 5.64. The van der Waals surface area contributed by atoms with Crippen molar-refractivity contribution in [1.29, 1.82) is 0 Å². The molecule has 1 fully saturated rings. The Hall–Kier alpha value is -0.0800. The predicted octanol–water partition coefficient (Wildman–Crippen LogP) is 2.09. The van der Waals surface area contributed by atoms with Gasteiger partial charge in [-0.25, -0.2) is 0 Å². The van der Waals surface area contributed by atoms with Crippen molar-refractivity contribution in [3.05, 3.63) is 0 Å². The van der Waals surface area contributed by atoms with E-state index in [-0.39, 0.29) is 0 Å². The molecule has 0 aliphatic carbocycles. The Morgan fingerprint density at radius 3 is 2.57 bits per heavy atom. The van der Waals surface area contributed by atoms with Crippen LogP contribution >= 0.6 is 0 Å². The third-order valence-electron chi connectivity index (χ3n) is 3.69. The van der Waals surface area contributed by atoms with Gasteiger partial charge in [0.1, 0.15) is 0 Å². The fourth-order valence-electron chi connectivity index (χ4n) is 2.53. The van der Waals surface area contributed by atoms with Crippen LogP contribution in [-0.4, -0.2) is 30.6 Å².